The first kappa shape index (κ1) is 16.8. The minimum absolute atomic E-state index is 0.265. The molecule has 0 aromatic heterocycles. The molecule has 21 heavy (non-hydrogen) atoms. The Morgan fingerprint density at radius 3 is 2.76 bits per heavy atom. The van der Waals surface area contributed by atoms with E-state index in [9.17, 15) is 9.59 Å². The fourth-order valence-corrected chi connectivity index (χ4v) is 1.60. The van der Waals surface area contributed by atoms with Crippen LogP contribution in [0.25, 0.3) is 6.08 Å². The van der Waals surface area contributed by atoms with Crippen molar-refractivity contribution in [2.75, 3.05) is 20.3 Å². The van der Waals surface area contributed by atoms with Crippen molar-refractivity contribution in [3.05, 3.63) is 35.9 Å². The van der Waals surface area contributed by atoms with Crippen LogP contribution in [0.15, 0.2) is 30.3 Å². The predicted octanol–water partition coefficient (Wildman–Crippen LogP) is 2.17. The molecule has 5 heteroatoms. The molecular formula is C16H21NO4. The summed E-state index contributed by atoms with van der Waals surface area (Å²) in [6.45, 7) is 2.37. The molecule has 114 valence electrons. The Balaban J connectivity index is 2.39. The molecule has 0 aliphatic carbocycles. The molecule has 0 saturated carbocycles. The number of para-hydroxylation sites is 1. The van der Waals surface area contributed by atoms with Crippen molar-refractivity contribution in [3.8, 4) is 5.75 Å². The number of esters is 1. The zero-order valence-corrected chi connectivity index (χ0v) is 12.4. The second-order valence-electron chi connectivity index (χ2n) is 4.39. The van der Waals surface area contributed by atoms with Crippen LogP contribution in [0.1, 0.15) is 25.3 Å². The van der Waals surface area contributed by atoms with Gasteiger partial charge in [-0.2, -0.15) is 0 Å². The highest BCUT2D eigenvalue weighted by Gasteiger charge is 2.04. The van der Waals surface area contributed by atoms with Crippen LogP contribution in [0.4, 0.5) is 0 Å². The number of hydrogen-bond acceptors (Lipinski definition) is 4. The van der Waals surface area contributed by atoms with E-state index in [2.05, 4.69) is 5.32 Å². The number of carbonyl (C=O) groups is 2. The summed E-state index contributed by atoms with van der Waals surface area (Å²) in [7, 11) is 1.56. The molecule has 5 nitrogen and oxygen atoms in total. The lowest BCUT2D eigenvalue weighted by molar-refractivity contribution is -0.143. The second-order valence-corrected chi connectivity index (χ2v) is 4.39. The molecule has 0 radical (unpaired) electrons. The molecule has 0 atom stereocenters. The second kappa shape index (κ2) is 9.58. The van der Waals surface area contributed by atoms with Gasteiger partial charge in [0.2, 0.25) is 0 Å². The summed E-state index contributed by atoms with van der Waals surface area (Å²) in [5, 5.41) is 2.67. The van der Waals surface area contributed by atoms with Crippen LogP contribution >= 0.6 is 0 Å². The zero-order valence-electron chi connectivity index (χ0n) is 12.4. The molecule has 0 bridgehead atoms. The molecule has 1 amide bonds. The van der Waals surface area contributed by atoms with E-state index < -0.39 is 5.97 Å². The molecule has 0 aliphatic rings. The Kier molecular flexibility index (Phi) is 7.64. The topological polar surface area (TPSA) is 64.6 Å². The van der Waals surface area contributed by atoms with Crippen LogP contribution in [0.5, 0.6) is 5.75 Å². The van der Waals surface area contributed by atoms with Crippen LogP contribution in [0.3, 0.4) is 0 Å². The van der Waals surface area contributed by atoms with Crippen molar-refractivity contribution in [2.45, 2.75) is 19.8 Å². The average molecular weight is 291 g/mol. The number of nitrogens with one attached hydrogen (secondary N) is 1. The maximum absolute atomic E-state index is 11.5. The Morgan fingerprint density at radius 2 is 2.05 bits per heavy atom. The maximum Gasteiger partial charge on any atom is 0.331 e. The van der Waals surface area contributed by atoms with Crippen LogP contribution in [0, 0.1) is 0 Å². The molecule has 0 unspecified atom stereocenters. The fourth-order valence-electron chi connectivity index (χ4n) is 1.60. The monoisotopic (exact) mass is 291 g/mol. The Hall–Kier alpha value is -2.30. The molecule has 1 rings (SSSR count). The third-order valence-corrected chi connectivity index (χ3v) is 2.74. The Labute approximate surface area is 124 Å². The summed E-state index contributed by atoms with van der Waals surface area (Å²) < 4.78 is 10.0. The van der Waals surface area contributed by atoms with Crippen molar-refractivity contribution >= 4 is 18.0 Å². The van der Waals surface area contributed by atoms with Crippen molar-refractivity contribution < 1.29 is 19.1 Å². The van der Waals surface area contributed by atoms with E-state index in [1.807, 2.05) is 25.1 Å². The molecule has 1 aromatic rings. The summed E-state index contributed by atoms with van der Waals surface area (Å²) in [5.41, 5.74) is 0.768. The van der Waals surface area contributed by atoms with E-state index in [0.29, 0.717) is 12.3 Å². The minimum atomic E-state index is -0.563. The van der Waals surface area contributed by atoms with Crippen molar-refractivity contribution in [2.24, 2.45) is 0 Å². The Bertz CT molecular complexity index is 497. The number of ether oxygens (including phenoxy) is 2. The van der Waals surface area contributed by atoms with Gasteiger partial charge in [0.15, 0.2) is 6.61 Å². The number of methoxy groups -OCH3 is 1. The van der Waals surface area contributed by atoms with Crippen LogP contribution in [-0.2, 0) is 14.3 Å². The van der Waals surface area contributed by atoms with E-state index in [-0.39, 0.29) is 12.5 Å². The average Bonchev–Trinajstić information content (AvgIpc) is 2.51. The smallest absolute Gasteiger partial charge is 0.331 e. The SMILES string of the molecule is CCCCNC(=O)COC(=O)/C=C/c1ccccc1OC. The standard InChI is InChI=1S/C16H21NO4/c1-3-4-11-17-15(18)12-21-16(19)10-9-13-7-5-6-8-14(13)20-2/h5-10H,3-4,11-12H2,1-2H3,(H,17,18)/b10-9+. The summed E-state index contributed by atoms with van der Waals surface area (Å²) in [6, 6.07) is 7.30. The highest BCUT2D eigenvalue weighted by atomic mass is 16.5. The van der Waals surface area contributed by atoms with E-state index in [4.69, 9.17) is 9.47 Å². The highest BCUT2D eigenvalue weighted by molar-refractivity contribution is 5.89. The van der Waals surface area contributed by atoms with Gasteiger partial charge in [-0.05, 0) is 18.6 Å². The zero-order chi connectivity index (χ0) is 15.5. The molecule has 0 fully saturated rings. The molecular weight excluding hydrogens is 270 g/mol. The van der Waals surface area contributed by atoms with Gasteiger partial charge in [-0.25, -0.2) is 4.79 Å². The third-order valence-electron chi connectivity index (χ3n) is 2.74. The van der Waals surface area contributed by atoms with E-state index in [1.165, 1.54) is 6.08 Å². The molecule has 0 aliphatic heterocycles. The first-order chi connectivity index (χ1) is 10.2. The Morgan fingerprint density at radius 1 is 1.29 bits per heavy atom. The van der Waals surface area contributed by atoms with Crippen molar-refractivity contribution in [3.63, 3.8) is 0 Å². The molecule has 1 aromatic carbocycles. The van der Waals surface area contributed by atoms with Crippen LogP contribution in [-0.4, -0.2) is 32.1 Å². The first-order valence-electron chi connectivity index (χ1n) is 6.92. The van der Waals surface area contributed by atoms with Gasteiger partial charge >= 0.3 is 5.97 Å². The summed E-state index contributed by atoms with van der Waals surface area (Å²) in [4.78, 5) is 22.9. The van der Waals surface area contributed by atoms with Gasteiger partial charge in [0.1, 0.15) is 5.75 Å². The number of benzene rings is 1. The van der Waals surface area contributed by atoms with Gasteiger partial charge in [-0.3, -0.25) is 4.79 Å². The number of rotatable bonds is 8. The normalized spacial score (nSPS) is 10.4. The molecule has 0 heterocycles. The van der Waals surface area contributed by atoms with Crippen LogP contribution in [0.2, 0.25) is 0 Å². The van der Waals surface area contributed by atoms with Gasteiger partial charge in [0.05, 0.1) is 7.11 Å². The minimum Gasteiger partial charge on any atom is -0.496 e. The fraction of sp³-hybridized carbons (Fsp3) is 0.375. The van der Waals surface area contributed by atoms with E-state index in [1.54, 1.807) is 19.3 Å². The first-order valence-corrected chi connectivity index (χ1v) is 6.92. The summed E-state index contributed by atoms with van der Waals surface area (Å²) in [6.07, 6.45) is 4.78. The highest BCUT2D eigenvalue weighted by Crippen LogP contribution is 2.18. The number of unbranched alkanes of at least 4 members (excludes halogenated alkanes) is 1. The third kappa shape index (κ3) is 6.61. The van der Waals surface area contributed by atoms with Crippen LogP contribution < -0.4 is 10.1 Å². The molecule has 1 N–H and O–H groups in total. The number of amides is 1. The van der Waals surface area contributed by atoms with Crippen molar-refractivity contribution in [1.29, 1.82) is 0 Å². The summed E-state index contributed by atoms with van der Waals surface area (Å²) in [5.74, 6) is -0.187. The largest absolute Gasteiger partial charge is 0.496 e. The number of carbonyl (C=O) groups excluding carboxylic acids is 2. The maximum atomic E-state index is 11.5. The lowest BCUT2D eigenvalue weighted by Crippen LogP contribution is -2.29. The summed E-state index contributed by atoms with van der Waals surface area (Å²) >= 11 is 0. The van der Waals surface area contributed by atoms with E-state index >= 15 is 0 Å². The lowest BCUT2D eigenvalue weighted by atomic mass is 10.2. The van der Waals surface area contributed by atoms with Gasteiger partial charge in [-0.15, -0.1) is 0 Å². The van der Waals surface area contributed by atoms with Gasteiger partial charge in [0, 0.05) is 18.2 Å². The van der Waals surface area contributed by atoms with Gasteiger partial charge < -0.3 is 14.8 Å². The predicted molar refractivity (Wildman–Crippen MR) is 80.9 cm³/mol. The quantitative estimate of drug-likeness (QED) is 0.453. The van der Waals surface area contributed by atoms with Gasteiger partial charge in [0.25, 0.3) is 5.91 Å². The lowest BCUT2D eigenvalue weighted by Gasteiger charge is -2.05. The molecule has 0 saturated heterocycles. The number of hydrogen-bond donors (Lipinski definition) is 1. The van der Waals surface area contributed by atoms with Gasteiger partial charge in [-0.1, -0.05) is 31.5 Å². The molecule has 0 spiro atoms. The van der Waals surface area contributed by atoms with Crippen molar-refractivity contribution in [1.82, 2.24) is 5.32 Å². The van der Waals surface area contributed by atoms with E-state index in [0.717, 1.165) is 18.4 Å².